The van der Waals surface area contributed by atoms with E-state index in [0.717, 1.165) is 7.11 Å². The van der Waals surface area contributed by atoms with Crippen molar-refractivity contribution in [2.75, 3.05) is 13.7 Å². The number of nitriles is 1. The molecule has 0 rings (SSSR count). The molecule has 0 aromatic carbocycles. The first-order chi connectivity index (χ1) is 6.15. The van der Waals surface area contributed by atoms with Gasteiger partial charge in [0.2, 0.25) is 5.91 Å². The maximum absolute atomic E-state index is 10.8. The van der Waals surface area contributed by atoms with E-state index in [1.807, 2.05) is 0 Å². The summed E-state index contributed by atoms with van der Waals surface area (Å²) in [6.07, 6.45) is -0.354. The number of nitrogens with one attached hydrogen (secondary N) is 1. The van der Waals surface area contributed by atoms with Crippen molar-refractivity contribution in [2.45, 2.75) is 12.5 Å². The topological polar surface area (TPSA) is 99.4 Å². The summed E-state index contributed by atoms with van der Waals surface area (Å²) in [5, 5.41) is 18.9. The first-order valence-corrected chi connectivity index (χ1v) is 3.50. The van der Waals surface area contributed by atoms with Crippen LogP contribution in [-0.2, 0) is 14.3 Å². The number of hydrogen-bond donors (Lipinski definition) is 2. The van der Waals surface area contributed by atoms with Crippen LogP contribution in [0.5, 0.6) is 0 Å². The molecule has 6 heteroatoms. The van der Waals surface area contributed by atoms with Gasteiger partial charge in [0.05, 0.1) is 19.8 Å². The molecule has 1 unspecified atom stereocenters. The van der Waals surface area contributed by atoms with Gasteiger partial charge in [0, 0.05) is 0 Å². The van der Waals surface area contributed by atoms with Crippen molar-refractivity contribution >= 4 is 11.9 Å². The van der Waals surface area contributed by atoms with Crippen molar-refractivity contribution < 1.29 is 19.4 Å². The predicted molar refractivity (Wildman–Crippen MR) is 41.3 cm³/mol. The van der Waals surface area contributed by atoms with Crippen molar-refractivity contribution in [3.05, 3.63) is 0 Å². The summed E-state index contributed by atoms with van der Waals surface area (Å²) < 4.78 is 4.29. The molecule has 0 heterocycles. The molecule has 0 spiro atoms. The number of hydrogen-bond acceptors (Lipinski definition) is 5. The Morgan fingerprint density at radius 3 is 2.69 bits per heavy atom. The normalized spacial score (nSPS) is 11.2. The average molecular weight is 186 g/mol. The fourth-order valence-electron chi connectivity index (χ4n) is 0.639. The number of nitrogens with zero attached hydrogens (tertiary/aromatic N) is 1. The maximum Gasteiger partial charge on any atom is 0.330 e. The van der Waals surface area contributed by atoms with Crippen LogP contribution >= 0.6 is 0 Å². The number of aliphatic hydroxyl groups excluding tert-OH is 1. The lowest BCUT2D eigenvalue weighted by molar-refractivity contribution is -0.146. The van der Waals surface area contributed by atoms with Crippen LogP contribution < -0.4 is 5.32 Å². The lowest BCUT2D eigenvalue weighted by Gasteiger charge is -2.12. The zero-order valence-electron chi connectivity index (χ0n) is 7.11. The quantitative estimate of drug-likeness (QED) is 0.523. The molecule has 1 atom stereocenters. The second-order valence-corrected chi connectivity index (χ2v) is 2.16. The first-order valence-electron chi connectivity index (χ1n) is 3.50. The minimum Gasteiger partial charge on any atom is -0.467 e. The van der Waals surface area contributed by atoms with Gasteiger partial charge in [-0.15, -0.1) is 0 Å². The monoisotopic (exact) mass is 186 g/mol. The molecule has 1 amide bonds. The number of aliphatic hydroxyl groups is 1. The van der Waals surface area contributed by atoms with Gasteiger partial charge in [-0.2, -0.15) is 5.26 Å². The van der Waals surface area contributed by atoms with Crippen LogP contribution in [0.4, 0.5) is 0 Å². The molecule has 6 nitrogen and oxygen atoms in total. The van der Waals surface area contributed by atoms with E-state index < -0.39 is 24.5 Å². The van der Waals surface area contributed by atoms with Gasteiger partial charge in [-0.05, 0) is 0 Å². The summed E-state index contributed by atoms with van der Waals surface area (Å²) >= 11 is 0. The Morgan fingerprint density at radius 1 is 1.69 bits per heavy atom. The van der Waals surface area contributed by atoms with E-state index in [-0.39, 0.29) is 6.42 Å². The summed E-state index contributed by atoms with van der Waals surface area (Å²) in [6.45, 7) is -0.552. The van der Waals surface area contributed by atoms with E-state index in [1.165, 1.54) is 0 Å². The molecule has 0 aromatic rings. The number of amides is 1. The van der Waals surface area contributed by atoms with Gasteiger partial charge in [0.25, 0.3) is 0 Å². The molecule has 0 fully saturated rings. The first kappa shape index (κ1) is 11.4. The highest BCUT2D eigenvalue weighted by atomic mass is 16.5. The molecule has 0 saturated heterocycles. The summed E-state index contributed by atoms with van der Waals surface area (Å²) in [7, 11) is 1.14. The van der Waals surface area contributed by atoms with Gasteiger partial charge in [0.15, 0.2) is 6.04 Å². The van der Waals surface area contributed by atoms with Crippen LogP contribution in [0.2, 0.25) is 0 Å². The lowest BCUT2D eigenvalue weighted by Crippen LogP contribution is -2.43. The largest absolute Gasteiger partial charge is 0.467 e. The third-order valence-electron chi connectivity index (χ3n) is 1.24. The minimum atomic E-state index is -1.09. The van der Waals surface area contributed by atoms with Crippen LogP contribution in [0.1, 0.15) is 6.42 Å². The summed E-state index contributed by atoms with van der Waals surface area (Å²) in [4.78, 5) is 21.6. The van der Waals surface area contributed by atoms with Gasteiger partial charge in [0.1, 0.15) is 6.42 Å². The molecule has 0 radical (unpaired) electrons. The van der Waals surface area contributed by atoms with Gasteiger partial charge in [-0.25, -0.2) is 4.79 Å². The predicted octanol–water partition coefficient (Wildman–Crippen LogP) is -1.45. The van der Waals surface area contributed by atoms with Gasteiger partial charge >= 0.3 is 5.97 Å². The maximum atomic E-state index is 10.8. The highest BCUT2D eigenvalue weighted by Gasteiger charge is 2.19. The fraction of sp³-hybridized carbons (Fsp3) is 0.571. The molecule has 72 valence electrons. The van der Waals surface area contributed by atoms with Gasteiger partial charge in [-0.3, -0.25) is 4.79 Å². The SMILES string of the molecule is COC(=O)C(CO)NC(=O)CC#N. The van der Waals surface area contributed by atoms with E-state index in [1.54, 1.807) is 6.07 Å². The number of methoxy groups -OCH3 is 1. The summed E-state index contributed by atoms with van der Waals surface area (Å²) in [5.41, 5.74) is 0. The van der Waals surface area contributed by atoms with Crippen molar-refractivity contribution in [3.63, 3.8) is 0 Å². The number of carbonyl (C=O) groups excluding carboxylic acids is 2. The Hall–Kier alpha value is -1.61. The third-order valence-corrected chi connectivity index (χ3v) is 1.24. The van der Waals surface area contributed by atoms with Gasteiger partial charge in [-0.1, -0.05) is 0 Å². The molecule has 0 bridgehead atoms. The molecule has 0 aliphatic heterocycles. The Labute approximate surface area is 75.1 Å². The van der Waals surface area contributed by atoms with E-state index in [2.05, 4.69) is 10.1 Å². The number of ether oxygens (including phenoxy) is 1. The average Bonchev–Trinajstić information content (AvgIpc) is 2.13. The van der Waals surface area contributed by atoms with Crippen molar-refractivity contribution in [1.29, 1.82) is 5.26 Å². The highest BCUT2D eigenvalue weighted by molar-refractivity contribution is 5.85. The van der Waals surface area contributed by atoms with E-state index in [4.69, 9.17) is 10.4 Å². The van der Waals surface area contributed by atoms with E-state index in [0.29, 0.717) is 0 Å². The molecular formula is C7H10N2O4. The zero-order chi connectivity index (χ0) is 10.3. The lowest BCUT2D eigenvalue weighted by atomic mass is 10.3. The Balaban J connectivity index is 4.06. The molecule has 0 aliphatic carbocycles. The molecular weight excluding hydrogens is 176 g/mol. The number of carbonyl (C=O) groups is 2. The van der Waals surface area contributed by atoms with Crippen LogP contribution in [0, 0.1) is 11.3 Å². The van der Waals surface area contributed by atoms with Crippen LogP contribution in [-0.4, -0.2) is 36.7 Å². The fourth-order valence-corrected chi connectivity index (χ4v) is 0.639. The summed E-state index contributed by atoms with van der Waals surface area (Å²) in [6, 6.07) is 0.516. The van der Waals surface area contributed by atoms with Crippen molar-refractivity contribution in [1.82, 2.24) is 5.32 Å². The number of rotatable bonds is 4. The smallest absolute Gasteiger partial charge is 0.330 e. The van der Waals surface area contributed by atoms with Crippen LogP contribution in [0.15, 0.2) is 0 Å². The molecule has 0 saturated carbocycles. The highest BCUT2D eigenvalue weighted by Crippen LogP contribution is 1.88. The van der Waals surface area contributed by atoms with Crippen molar-refractivity contribution in [2.24, 2.45) is 0 Å². The van der Waals surface area contributed by atoms with Crippen LogP contribution in [0.3, 0.4) is 0 Å². The second kappa shape index (κ2) is 5.97. The van der Waals surface area contributed by atoms with Gasteiger partial charge < -0.3 is 15.2 Å². The molecule has 2 N–H and O–H groups in total. The molecule has 0 aromatic heterocycles. The van der Waals surface area contributed by atoms with Crippen LogP contribution in [0.25, 0.3) is 0 Å². The Morgan fingerprint density at radius 2 is 2.31 bits per heavy atom. The van der Waals surface area contributed by atoms with Crippen molar-refractivity contribution in [3.8, 4) is 6.07 Å². The third kappa shape index (κ3) is 4.08. The Bertz CT molecular complexity index is 233. The standard InChI is InChI=1S/C7H10N2O4/c1-13-7(12)5(4-10)9-6(11)2-3-8/h5,10H,2,4H2,1H3,(H,9,11). The summed E-state index contributed by atoms with van der Waals surface area (Å²) in [5.74, 6) is -1.36. The second-order valence-electron chi connectivity index (χ2n) is 2.16. The zero-order valence-corrected chi connectivity index (χ0v) is 7.11. The molecule has 13 heavy (non-hydrogen) atoms. The molecule has 0 aliphatic rings. The number of esters is 1. The van der Waals surface area contributed by atoms with E-state index in [9.17, 15) is 9.59 Å². The minimum absolute atomic E-state index is 0.354. The Kier molecular flexibility index (Phi) is 5.23. The van der Waals surface area contributed by atoms with E-state index >= 15 is 0 Å².